The maximum absolute atomic E-state index is 13.1. The molecule has 0 saturated carbocycles. The fourth-order valence-electron chi connectivity index (χ4n) is 5.17. The molecule has 0 spiro atoms. The zero-order chi connectivity index (χ0) is 30.4. The number of fused-ring (bicyclic) bond motifs is 2. The summed E-state index contributed by atoms with van der Waals surface area (Å²) in [6.07, 6.45) is 1.15. The first-order valence-electron chi connectivity index (χ1n) is 13.5. The summed E-state index contributed by atoms with van der Waals surface area (Å²) in [6.45, 7) is 3.91. The minimum atomic E-state index is -4.67. The van der Waals surface area contributed by atoms with Crippen molar-refractivity contribution in [1.29, 1.82) is 0 Å². The van der Waals surface area contributed by atoms with E-state index in [1.54, 1.807) is 18.3 Å². The van der Waals surface area contributed by atoms with Gasteiger partial charge in [0.1, 0.15) is 16.7 Å². The summed E-state index contributed by atoms with van der Waals surface area (Å²) in [5.41, 5.74) is 2.59. The van der Waals surface area contributed by atoms with Gasteiger partial charge in [-0.05, 0) is 73.8 Å². The van der Waals surface area contributed by atoms with E-state index in [4.69, 9.17) is 16.6 Å². The number of benzene rings is 2. The monoisotopic (exact) mass is 630 g/mol. The molecule has 0 bridgehead atoms. The van der Waals surface area contributed by atoms with Crippen molar-refractivity contribution in [1.82, 2.24) is 29.9 Å². The van der Waals surface area contributed by atoms with Gasteiger partial charge >= 0.3 is 6.18 Å². The topological polar surface area (TPSA) is 126 Å². The van der Waals surface area contributed by atoms with Crippen molar-refractivity contribution >= 4 is 49.8 Å². The van der Waals surface area contributed by atoms with E-state index in [-0.39, 0.29) is 11.9 Å². The standard InChI is InChI=1S/C28H26ClF3N8O2S/c1-2-16-10-17(11-18-13-34-27(38-25(16)18)37-20-4-3-9-33-14-20)22-6-7-23-26(35-15-36-40(22)23)39-43(41,42)24-8-5-19(12-21(24)29)28(30,31)32/h5-8,10-13,15,20,33H,2-4,9,14H2,1H3,(H,34,37,38)(H,35,36,39). The van der Waals surface area contributed by atoms with Crippen molar-refractivity contribution < 1.29 is 21.6 Å². The van der Waals surface area contributed by atoms with E-state index in [0.29, 0.717) is 35.7 Å². The lowest BCUT2D eigenvalue weighted by Gasteiger charge is -2.23. The van der Waals surface area contributed by atoms with E-state index in [2.05, 4.69) is 30.4 Å². The van der Waals surface area contributed by atoms with Crippen LogP contribution in [0.2, 0.25) is 5.02 Å². The molecular formula is C28H26ClF3N8O2S. The van der Waals surface area contributed by atoms with Gasteiger partial charge in [0.25, 0.3) is 10.0 Å². The lowest BCUT2D eigenvalue weighted by Crippen LogP contribution is -2.38. The highest BCUT2D eigenvalue weighted by molar-refractivity contribution is 7.92. The number of sulfonamides is 1. The van der Waals surface area contributed by atoms with Crippen LogP contribution in [0.1, 0.15) is 30.9 Å². The van der Waals surface area contributed by atoms with Crippen LogP contribution in [-0.4, -0.2) is 52.1 Å². The van der Waals surface area contributed by atoms with E-state index >= 15 is 0 Å². The zero-order valence-electron chi connectivity index (χ0n) is 22.8. The average Bonchev–Trinajstić information content (AvgIpc) is 3.42. The Bertz CT molecular complexity index is 1940. The molecule has 0 radical (unpaired) electrons. The van der Waals surface area contributed by atoms with Crippen LogP contribution in [-0.2, 0) is 22.6 Å². The predicted octanol–water partition coefficient (Wildman–Crippen LogP) is 5.54. The molecule has 1 saturated heterocycles. The summed E-state index contributed by atoms with van der Waals surface area (Å²) < 4.78 is 69.2. The van der Waals surface area contributed by atoms with Gasteiger partial charge in [-0.3, -0.25) is 4.72 Å². The number of piperidine rings is 1. The first-order chi connectivity index (χ1) is 20.5. The summed E-state index contributed by atoms with van der Waals surface area (Å²) in [4.78, 5) is 12.9. The maximum Gasteiger partial charge on any atom is 0.416 e. The summed E-state index contributed by atoms with van der Waals surface area (Å²) >= 11 is 5.95. The maximum atomic E-state index is 13.1. The third-order valence-corrected chi connectivity index (χ3v) is 9.12. The number of alkyl halides is 3. The number of anilines is 2. The highest BCUT2D eigenvalue weighted by atomic mass is 35.5. The second-order valence-electron chi connectivity index (χ2n) is 10.2. The lowest BCUT2D eigenvalue weighted by atomic mass is 10.0. The second-order valence-corrected chi connectivity index (χ2v) is 12.2. The van der Waals surface area contributed by atoms with Gasteiger partial charge in [0, 0.05) is 29.7 Å². The second kappa shape index (κ2) is 11.2. The molecule has 5 aromatic rings. The molecule has 224 valence electrons. The Morgan fingerprint density at radius 3 is 2.70 bits per heavy atom. The van der Waals surface area contributed by atoms with Crippen LogP contribution in [0.25, 0.3) is 27.7 Å². The number of hydrogen-bond acceptors (Lipinski definition) is 8. The van der Waals surface area contributed by atoms with Crippen molar-refractivity contribution in [3.8, 4) is 11.3 Å². The van der Waals surface area contributed by atoms with Crippen LogP contribution in [0.5, 0.6) is 0 Å². The van der Waals surface area contributed by atoms with Crippen LogP contribution in [0.3, 0.4) is 0 Å². The molecule has 10 nitrogen and oxygen atoms in total. The van der Waals surface area contributed by atoms with E-state index in [1.807, 2.05) is 19.1 Å². The van der Waals surface area contributed by atoms with E-state index < -0.39 is 31.7 Å². The Kier molecular flexibility index (Phi) is 7.60. The van der Waals surface area contributed by atoms with Crippen LogP contribution in [0, 0.1) is 0 Å². The predicted molar refractivity (Wildman–Crippen MR) is 158 cm³/mol. The van der Waals surface area contributed by atoms with Gasteiger partial charge < -0.3 is 10.6 Å². The normalized spacial score (nSPS) is 16.1. The molecule has 0 aliphatic carbocycles. The number of hydrogen-bond donors (Lipinski definition) is 3. The molecule has 15 heteroatoms. The van der Waals surface area contributed by atoms with Gasteiger partial charge in [-0.15, -0.1) is 0 Å². The summed E-state index contributed by atoms with van der Waals surface area (Å²) in [6, 6.07) is 9.69. The fraction of sp³-hybridized carbons (Fsp3) is 0.286. The fourth-order valence-corrected chi connectivity index (χ4v) is 6.74. The first kappa shape index (κ1) is 29.1. The summed E-state index contributed by atoms with van der Waals surface area (Å²) in [7, 11) is -4.39. The van der Waals surface area contributed by atoms with Gasteiger partial charge in [0.15, 0.2) is 5.82 Å². The molecule has 6 rings (SSSR count). The van der Waals surface area contributed by atoms with Gasteiger partial charge in [0.05, 0.1) is 21.8 Å². The molecule has 1 atom stereocenters. The molecule has 1 fully saturated rings. The van der Waals surface area contributed by atoms with Gasteiger partial charge in [-0.1, -0.05) is 18.5 Å². The van der Waals surface area contributed by atoms with Crippen molar-refractivity contribution in [2.75, 3.05) is 23.1 Å². The third kappa shape index (κ3) is 5.82. The van der Waals surface area contributed by atoms with Gasteiger partial charge in [0.2, 0.25) is 5.95 Å². The Morgan fingerprint density at radius 2 is 1.98 bits per heavy atom. The molecule has 0 amide bonds. The SMILES string of the molecule is CCc1cc(-c2ccc3c(NS(=O)(=O)c4ccc(C(F)(F)F)cc4Cl)ncnn23)cc2cnc(NC3CCCNC3)nc12. The van der Waals surface area contributed by atoms with Crippen LogP contribution in [0.4, 0.5) is 24.9 Å². The van der Waals surface area contributed by atoms with Gasteiger partial charge in [-0.2, -0.15) is 18.3 Å². The Morgan fingerprint density at radius 1 is 1.14 bits per heavy atom. The summed E-state index contributed by atoms with van der Waals surface area (Å²) in [5.74, 6) is 0.513. The molecule has 3 N–H and O–H groups in total. The zero-order valence-corrected chi connectivity index (χ0v) is 24.4. The molecule has 2 aromatic carbocycles. The minimum Gasteiger partial charge on any atom is -0.350 e. The van der Waals surface area contributed by atoms with Crippen molar-refractivity contribution in [2.45, 2.75) is 43.3 Å². The number of halogens is 4. The smallest absolute Gasteiger partial charge is 0.350 e. The van der Waals surface area contributed by atoms with Crippen LogP contribution < -0.4 is 15.4 Å². The number of aryl methyl sites for hydroxylation is 1. The molecular weight excluding hydrogens is 605 g/mol. The molecule has 1 aliphatic heterocycles. The molecule has 1 unspecified atom stereocenters. The number of nitrogens with zero attached hydrogens (tertiary/aromatic N) is 5. The Hall–Kier alpha value is -4.01. The van der Waals surface area contributed by atoms with Crippen molar-refractivity contribution in [2.24, 2.45) is 0 Å². The van der Waals surface area contributed by atoms with E-state index in [1.165, 1.54) is 10.8 Å². The van der Waals surface area contributed by atoms with Gasteiger partial charge in [-0.25, -0.2) is 27.9 Å². The number of rotatable bonds is 7. The largest absolute Gasteiger partial charge is 0.416 e. The molecule has 1 aliphatic rings. The Labute approximate surface area is 249 Å². The highest BCUT2D eigenvalue weighted by Crippen LogP contribution is 2.35. The van der Waals surface area contributed by atoms with Crippen LogP contribution >= 0.6 is 11.6 Å². The quantitative estimate of drug-likeness (QED) is 0.214. The summed E-state index contributed by atoms with van der Waals surface area (Å²) in [5, 5.41) is 11.4. The number of nitrogens with one attached hydrogen (secondary N) is 3. The minimum absolute atomic E-state index is 0.0648. The molecule has 3 aromatic heterocycles. The third-order valence-electron chi connectivity index (χ3n) is 7.30. The van der Waals surface area contributed by atoms with Crippen molar-refractivity contribution in [3.63, 3.8) is 0 Å². The molecule has 43 heavy (non-hydrogen) atoms. The molecule has 4 heterocycles. The highest BCUT2D eigenvalue weighted by Gasteiger charge is 2.32. The van der Waals surface area contributed by atoms with E-state index in [0.717, 1.165) is 54.0 Å². The van der Waals surface area contributed by atoms with E-state index in [9.17, 15) is 21.6 Å². The average molecular weight is 631 g/mol. The first-order valence-corrected chi connectivity index (χ1v) is 15.4. The lowest BCUT2D eigenvalue weighted by molar-refractivity contribution is -0.137. The van der Waals surface area contributed by atoms with Crippen LogP contribution in [0.15, 0.2) is 59.9 Å². The van der Waals surface area contributed by atoms with Crippen molar-refractivity contribution in [3.05, 3.63) is 71.1 Å². The number of aromatic nitrogens is 5. The Balaban J connectivity index is 1.33.